The summed E-state index contributed by atoms with van der Waals surface area (Å²) < 4.78 is 52.7. The Bertz CT molecular complexity index is 1090. The summed E-state index contributed by atoms with van der Waals surface area (Å²) in [5.74, 6) is 1.59. The highest BCUT2D eigenvalue weighted by atomic mass is 19.4. The number of halogens is 3. The lowest BCUT2D eigenvalue weighted by atomic mass is 10.1. The molecule has 0 aliphatic carbocycles. The summed E-state index contributed by atoms with van der Waals surface area (Å²) >= 11 is 0. The Morgan fingerprint density at radius 2 is 1.76 bits per heavy atom. The summed E-state index contributed by atoms with van der Waals surface area (Å²) in [6.07, 6.45) is -3.96. The zero-order valence-corrected chi connectivity index (χ0v) is 18.7. The quantitative estimate of drug-likeness (QED) is 0.403. The maximum atomic E-state index is 12.7. The van der Waals surface area contributed by atoms with Crippen LogP contribution in [0.5, 0.6) is 17.2 Å². The minimum absolute atomic E-state index is 0.0866. The van der Waals surface area contributed by atoms with Crippen LogP contribution in [0.25, 0.3) is 11.3 Å². The molecule has 0 saturated carbocycles. The van der Waals surface area contributed by atoms with Gasteiger partial charge in [0.05, 0.1) is 25.6 Å². The van der Waals surface area contributed by atoms with E-state index in [0.717, 1.165) is 6.42 Å². The summed E-state index contributed by atoms with van der Waals surface area (Å²) in [7, 11) is 3.09. The third kappa shape index (κ3) is 6.64. The van der Waals surface area contributed by atoms with Crippen molar-refractivity contribution in [3.8, 4) is 28.5 Å². The number of methoxy groups -OCH3 is 2. The van der Waals surface area contributed by atoms with E-state index in [1.54, 1.807) is 37.4 Å². The number of anilines is 3. The topological polar surface area (TPSA) is 77.5 Å². The van der Waals surface area contributed by atoms with E-state index >= 15 is 0 Å². The molecule has 0 fully saturated rings. The van der Waals surface area contributed by atoms with Crippen LogP contribution in [0.4, 0.5) is 30.6 Å². The molecule has 176 valence electrons. The van der Waals surface area contributed by atoms with Gasteiger partial charge in [0, 0.05) is 23.7 Å². The van der Waals surface area contributed by atoms with E-state index in [1.807, 2.05) is 13.8 Å². The first-order chi connectivity index (χ1) is 15.7. The highest BCUT2D eigenvalue weighted by Gasteiger charge is 2.31. The molecule has 0 unspecified atom stereocenters. The van der Waals surface area contributed by atoms with Crippen molar-refractivity contribution in [2.75, 3.05) is 24.9 Å². The molecule has 3 aromatic rings. The highest BCUT2D eigenvalue weighted by molar-refractivity contribution is 5.71. The molecular weight excluding hydrogens is 437 g/mol. The summed E-state index contributed by atoms with van der Waals surface area (Å²) in [5, 5.41) is 6.39. The van der Waals surface area contributed by atoms with Crippen LogP contribution in [0, 0.1) is 0 Å². The van der Waals surface area contributed by atoms with Crippen molar-refractivity contribution in [3.63, 3.8) is 0 Å². The number of nitrogens with one attached hydrogen (secondary N) is 2. The van der Waals surface area contributed by atoms with Gasteiger partial charge in [-0.25, -0.2) is 4.98 Å². The van der Waals surface area contributed by atoms with Gasteiger partial charge in [-0.05, 0) is 37.6 Å². The number of aromatic nitrogens is 2. The van der Waals surface area contributed by atoms with Crippen LogP contribution in [0.2, 0.25) is 0 Å². The minimum atomic E-state index is -4.79. The molecule has 3 rings (SSSR count). The van der Waals surface area contributed by atoms with E-state index in [9.17, 15) is 13.2 Å². The van der Waals surface area contributed by atoms with Crippen LogP contribution in [-0.4, -0.2) is 36.6 Å². The molecule has 0 spiro atoms. The molecule has 1 heterocycles. The molecule has 1 atom stereocenters. The Balaban J connectivity index is 2.01. The van der Waals surface area contributed by atoms with Gasteiger partial charge in [0.2, 0.25) is 5.95 Å². The van der Waals surface area contributed by atoms with Gasteiger partial charge < -0.3 is 24.8 Å². The van der Waals surface area contributed by atoms with Crippen LogP contribution in [0.3, 0.4) is 0 Å². The number of hydrogen-bond donors (Lipinski definition) is 2. The molecule has 2 N–H and O–H groups in total. The van der Waals surface area contributed by atoms with Crippen molar-refractivity contribution >= 4 is 17.5 Å². The van der Waals surface area contributed by atoms with Gasteiger partial charge in [-0.15, -0.1) is 13.2 Å². The average molecular weight is 462 g/mol. The minimum Gasteiger partial charge on any atom is -0.497 e. The predicted molar refractivity (Wildman–Crippen MR) is 120 cm³/mol. The Labute approximate surface area is 189 Å². The van der Waals surface area contributed by atoms with E-state index in [-0.39, 0.29) is 11.8 Å². The second kappa shape index (κ2) is 10.3. The van der Waals surface area contributed by atoms with Gasteiger partial charge in [-0.2, -0.15) is 4.98 Å². The van der Waals surface area contributed by atoms with Crippen molar-refractivity contribution in [2.45, 2.75) is 32.7 Å². The summed E-state index contributed by atoms with van der Waals surface area (Å²) in [5.41, 5.74) is 1.49. The largest absolute Gasteiger partial charge is 0.573 e. The fraction of sp³-hybridized carbons (Fsp3) is 0.304. The maximum Gasteiger partial charge on any atom is 0.573 e. The normalized spacial score (nSPS) is 12.1. The van der Waals surface area contributed by atoms with E-state index in [4.69, 9.17) is 9.47 Å². The van der Waals surface area contributed by atoms with Crippen molar-refractivity contribution in [2.24, 2.45) is 0 Å². The zero-order valence-electron chi connectivity index (χ0n) is 18.7. The van der Waals surface area contributed by atoms with Gasteiger partial charge in [0.15, 0.2) is 0 Å². The second-order valence-electron chi connectivity index (χ2n) is 7.18. The summed E-state index contributed by atoms with van der Waals surface area (Å²) in [6, 6.07) is 12.6. The van der Waals surface area contributed by atoms with Gasteiger partial charge in [0.1, 0.15) is 23.1 Å². The molecule has 0 bridgehead atoms. The number of hydrogen-bond acceptors (Lipinski definition) is 7. The molecule has 2 aromatic carbocycles. The first-order valence-electron chi connectivity index (χ1n) is 10.2. The standard InChI is InChI=1S/C23H25F3N4O3/c1-5-14(2)27-22-29-19(15-7-6-8-17(11-15)33-23(24,25)26)13-21(30-22)28-18-10-9-16(31-3)12-20(18)32-4/h6-14H,5H2,1-4H3,(H2,27,28,29,30)/t14-/m1/s1. The summed E-state index contributed by atoms with van der Waals surface area (Å²) in [4.78, 5) is 9.00. The molecule has 33 heavy (non-hydrogen) atoms. The van der Waals surface area contributed by atoms with Crippen LogP contribution >= 0.6 is 0 Å². The highest BCUT2D eigenvalue weighted by Crippen LogP contribution is 2.33. The van der Waals surface area contributed by atoms with Crippen molar-refractivity contribution in [1.29, 1.82) is 0 Å². The average Bonchev–Trinajstić information content (AvgIpc) is 2.78. The van der Waals surface area contributed by atoms with Gasteiger partial charge in [-0.3, -0.25) is 0 Å². The number of ether oxygens (including phenoxy) is 3. The molecular formula is C23H25F3N4O3. The van der Waals surface area contributed by atoms with E-state index in [0.29, 0.717) is 40.2 Å². The Hall–Kier alpha value is -3.69. The fourth-order valence-electron chi connectivity index (χ4n) is 2.94. The molecule has 0 amide bonds. The van der Waals surface area contributed by atoms with Crippen molar-refractivity contribution in [1.82, 2.24) is 9.97 Å². The maximum absolute atomic E-state index is 12.7. The van der Waals surface area contributed by atoms with Crippen LogP contribution in [-0.2, 0) is 0 Å². The number of rotatable bonds is 9. The lowest BCUT2D eigenvalue weighted by Crippen LogP contribution is -2.17. The number of nitrogens with zero attached hydrogens (tertiary/aromatic N) is 2. The van der Waals surface area contributed by atoms with Gasteiger partial charge in [-0.1, -0.05) is 19.1 Å². The van der Waals surface area contributed by atoms with Crippen molar-refractivity contribution < 1.29 is 27.4 Å². The fourth-order valence-corrected chi connectivity index (χ4v) is 2.94. The smallest absolute Gasteiger partial charge is 0.497 e. The lowest BCUT2D eigenvalue weighted by Gasteiger charge is -2.16. The molecule has 1 aromatic heterocycles. The first kappa shape index (κ1) is 24.0. The second-order valence-corrected chi connectivity index (χ2v) is 7.18. The molecule has 10 heteroatoms. The molecule has 7 nitrogen and oxygen atoms in total. The van der Waals surface area contributed by atoms with Crippen LogP contribution in [0.1, 0.15) is 20.3 Å². The first-order valence-corrected chi connectivity index (χ1v) is 10.2. The molecule has 0 radical (unpaired) electrons. The Kier molecular flexibility index (Phi) is 7.47. The van der Waals surface area contributed by atoms with Gasteiger partial charge in [0.25, 0.3) is 0 Å². The third-order valence-electron chi connectivity index (χ3n) is 4.75. The zero-order chi connectivity index (χ0) is 24.0. The molecule has 0 aliphatic heterocycles. The van der Waals surface area contributed by atoms with Gasteiger partial charge >= 0.3 is 6.36 Å². The van der Waals surface area contributed by atoms with E-state index < -0.39 is 6.36 Å². The molecule has 0 aliphatic rings. The van der Waals surface area contributed by atoms with E-state index in [1.165, 1.54) is 25.3 Å². The van der Waals surface area contributed by atoms with Crippen LogP contribution in [0.15, 0.2) is 48.5 Å². The lowest BCUT2D eigenvalue weighted by molar-refractivity contribution is -0.274. The third-order valence-corrected chi connectivity index (χ3v) is 4.75. The number of benzene rings is 2. The monoisotopic (exact) mass is 462 g/mol. The van der Waals surface area contributed by atoms with Crippen LogP contribution < -0.4 is 24.8 Å². The predicted octanol–water partition coefficient (Wildman–Crippen LogP) is 6.01. The van der Waals surface area contributed by atoms with E-state index in [2.05, 4.69) is 25.3 Å². The number of alkyl halides is 3. The summed E-state index contributed by atoms with van der Waals surface area (Å²) in [6.45, 7) is 3.99. The Morgan fingerprint density at radius 1 is 0.970 bits per heavy atom. The SMILES string of the molecule is CC[C@@H](C)Nc1nc(Nc2ccc(OC)cc2OC)cc(-c2cccc(OC(F)(F)F)c2)n1. The Morgan fingerprint density at radius 3 is 2.42 bits per heavy atom. The molecule has 0 saturated heterocycles. The van der Waals surface area contributed by atoms with Crippen molar-refractivity contribution in [3.05, 3.63) is 48.5 Å².